The minimum absolute atomic E-state index is 0.109. The second-order valence-corrected chi connectivity index (χ2v) is 4.70. The summed E-state index contributed by atoms with van der Waals surface area (Å²) in [5.74, 6) is -0.371. The van der Waals surface area contributed by atoms with E-state index in [1.807, 2.05) is 12.1 Å². The van der Waals surface area contributed by atoms with Crippen molar-refractivity contribution in [2.45, 2.75) is 0 Å². The van der Waals surface area contributed by atoms with E-state index in [2.05, 4.69) is 4.98 Å². The first-order chi connectivity index (χ1) is 10.2. The van der Waals surface area contributed by atoms with Crippen LogP contribution in [0, 0.1) is 17.1 Å². The molecule has 0 saturated heterocycles. The van der Waals surface area contributed by atoms with Gasteiger partial charge < -0.3 is 4.42 Å². The van der Waals surface area contributed by atoms with Crippen LogP contribution in [0.1, 0.15) is 11.5 Å². The molecule has 0 radical (unpaired) electrons. The number of rotatable bonds is 2. The van der Waals surface area contributed by atoms with E-state index in [0.717, 1.165) is 0 Å². The molecule has 2 aromatic carbocycles. The Kier molecular flexibility index (Phi) is 3.43. The van der Waals surface area contributed by atoms with Gasteiger partial charge in [0, 0.05) is 5.56 Å². The van der Waals surface area contributed by atoms with Gasteiger partial charge in [-0.25, -0.2) is 9.37 Å². The van der Waals surface area contributed by atoms with Crippen molar-refractivity contribution < 1.29 is 8.81 Å². The number of para-hydroxylation sites is 2. The van der Waals surface area contributed by atoms with E-state index >= 15 is 0 Å². The number of aromatic nitrogens is 1. The maximum absolute atomic E-state index is 13.8. The minimum Gasteiger partial charge on any atom is -0.435 e. The third kappa shape index (κ3) is 2.51. The summed E-state index contributed by atoms with van der Waals surface area (Å²) >= 11 is 5.95. The Morgan fingerprint density at radius 3 is 2.76 bits per heavy atom. The fourth-order valence-electron chi connectivity index (χ4n) is 1.92. The molecule has 3 rings (SSSR count). The molecule has 5 heteroatoms. The van der Waals surface area contributed by atoms with E-state index < -0.39 is 5.82 Å². The standard InChI is InChI=1S/C16H8ClFN2O/c17-12-4-3-5-13(18)11(12)8-10(9-19)16-20-14-6-1-2-7-15(14)21-16/h1-8H/b10-8-. The van der Waals surface area contributed by atoms with Crippen molar-refractivity contribution >= 4 is 34.3 Å². The maximum atomic E-state index is 13.8. The molecule has 102 valence electrons. The first-order valence-corrected chi connectivity index (χ1v) is 6.48. The van der Waals surface area contributed by atoms with Crippen LogP contribution in [0.5, 0.6) is 0 Å². The van der Waals surface area contributed by atoms with Crippen LogP contribution >= 0.6 is 11.6 Å². The van der Waals surface area contributed by atoms with Crippen LogP contribution in [0.2, 0.25) is 5.02 Å². The van der Waals surface area contributed by atoms with Crippen LogP contribution in [0.15, 0.2) is 46.9 Å². The lowest BCUT2D eigenvalue weighted by Crippen LogP contribution is -1.86. The van der Waals surface area contributed by atoms with Gasteiger partial charge in [-0.2, -0.15) is 5.26 Å². The van der Waals surface area contributed by atoms with E-state index in [-0.39, 0.29) is 22.0 Å². The number of oxazole rings is 1. The molecule has 0 atom stereocenters. The molecule has 0 N–H and O–H groups in total. The molecule has 0 aliphatic carbocycles. The number of halogens is 2. The highest BCUT2D eigenvalue weighted by molar-refractivity contribution is 6.32. The zero-order valence-corrected chi connectivity index (χ0v) is 11.4. The molecule has 0 fully saturated rings. The van der Waals surface area contributed by atoms with Crippen molar-refractivity contribution in [2.75, 3.05) is 0 Å². The number of benzene rings is 2. The van der Waals surface area contributed by atoms with Crippen molar-refractivity contribution in [2.24, 2.45) is 0 Å². The van der Waals surface area contributed by atoms with Crippen LogP contribution in [-0.2, 0) is 0 Å². The zero-order chi connectivity index (χ0) is 14.8. The molecule has 0 unspecified atom stereocenters. The maximum Gasteiger partial charge on any atom is 0.238 e. The van der Waals surface area contributed by atoms with Crippen molar-refractivity contribution in [1.29, 1.82) is 5.26 Å². The number of nitrogens with zero attached hydrogens (tertiary/aromatic N) is 2. The van der Waals surface area contributed by atoms with Gasteiger partial charge in [0.15, 0.2) is 5.58 Å². The van der Waals surface area contributed by atoms with Crippen molar-refractivity contribution in [3.63, 3.8) is 0 Å². The van der Waals surface area contributed by atoms with Gasteiger partial charge in [-0.15, -0.1) is 0 Å². The summed E-state index contributed by atoms with van der Waals surface area (Å²) in [6.07, 6.45) is 1.34. The van der Waals surface area contributed by atoms with Crippen LogP contribution < -0.4 is 0 Å². The predicted octanol–water partition coefficient (Wildman–Crippen LogP) is 4.68. The van der Waals surface area contributed by atoms with Crippen molar-refractivity contribution in [3.05, 3.63) is 64.8 Å². The van der Waals surface area contributed by atoms with Gasteiger partial charge in [0.2, 0.25) is 5.89 Å². The highest BCUT2D eigenvalue weighted by Gasteiger charge is 2.13. The molecule has 1 heterocycles. The SMILES string of the molecule is N#C/C(=C/c1c(F)cccc1Cl)c1nc2ccccc2o1. The van der Waals surface area contributed by atoms with Gasteiger partial charge in [-0.1, -0.05) is 29.8 Å². The molecule has 21 heavy (non-hydrogen) atoms. The molecule has 0 aliphatic heterocycles. The number of hydrogen-bond acceptors (Lipinski definition) is 3. The molecule has 3 aromatic rings. The summed E-state index contributed by atoms with van der Waals surface area (Å²) in [7, 11) is 0. The fourth-order valence-corrected chi connectivity index (χ4v) is 2.14. The van der Waals surface area contributed by atoms with E-state index in [1.54, 1.807) is 24.3 Å². The second-order valence-electron chi connectivity index (χ2n) is 4.29. The molecule has 0 amide bonds. The van der Waals surface area contributed by atoms with Crippen LogP contribution in [0.3, 0.4) is 0 Å². The average molecular weight is 299 g/mol. The molecule has 0 saturated carbocycles. The lowest BCUT2D eigenvalue weighted by atomic mass is 10.1. The number of nitriles is 1. The number of allylic oxidation sites excluding steroid dienone is 1. The number of hydrogen-bond donors (Lipinski definition) is 0. The average Bonchev–Trinajstić information content (AvgIpc) is 2.90. The van der Waals surface area contributed by atoms with Gasteiger partial charge in [0.25, 0.3) is 0 Å². The summed E-state index contributed by atoms with van der Waals surface area (Å²) in [5.41, 5.74) is 1.44. The Bertz CT molecular complexity index is 839. The third-order valence-electron chi connectivity index (χ3n) is 2.93. The van der Waals surface area contributed by atoms with E-state index in [9.17, 15) is 9.65 Å². The monoisotopic (exact) mass is 298 g/mol. The Balaban J connectivity index is 2.14. The Hall–Kier alpha value is -2.64. The van der Waals surface area contributed by atoms with Crippen molar-refractivity contribution in [1.82, 2.24) is 4.98 Å². The first kappa shape index (κ1) is 13.3. The largest absolute Gasteiger partial charge is 0.435 e. The lowest BCUT2D eigenvalue weighted by molar-refractivity contribution is 0.586. The number of fused-ring (bicyclic) bond motifs is 1. The van der Waals surface area contributed by atoms with Gasteiger partial charge in [-0.05, 0) is 30.3 Å². The van der Waals surface area contributed by atoms with E-state index in [0.29, 0.717) is 11.1 Å². The Morgan fingerprint density at radius 2 is 2.05 bits per heavy atom. The molecule has 3 nitrogen and oxygen atoms in total. The van der Waals surface area contributed by atoms with Gasteiger partial charge >= 0.3 is 0 Å². The van der Waals surface area contributed by atoms with Crippen LogP contribution in [-0.4, -0.2) is 4.98 Å². The summed E-state index contributed by atoms with van der Waals surface area (Å²) in [4.78, 5) is 4.22. The highest BCUT2D eigenvalue weighted by atomic mass is 35.5. The van der Waals surface area contributed by atoms with Gasteiger partial charge in [0.1, 0.15) is 23.0 Å². The molecule has 0 bridgehead atoms. The molecule has 1 aromatic heterocycles. The first-order valence-electron chi connectivity index (χ1n) is 6.11. The molecule has 0 aliphatic rings. The van der Waals surface area contributed by atoms with Crippen molar-refractivity contribution in [3.8, 4) is 6.07 Å². The summed E-state index contributed by atoms with van der Waals surface area (Å²) in [6.45, 7) is 0. The second kappa shape index (κ2) is 5.39. The topological polar surface area (TPSA) is 49.8 Å². The molecule has 0 spiro atoms. The summed E-state index contributed by atoms with van der Waals surface area (Å²) in [6, 6.07) is 13.4. The highest BCUT2D eigenvalue weighted by Crippen LogP contribution is 2.26. The molecular formula is C16H8ClFN2O. The zero-order valence-electron chi connectivity index (χ0n) is 10.7. The quantitative estimate of drug-likeness (QED) is 0.645. The van der Waals surface area contributed by atoms with Crippen LogP contribution in [0.25, 0.3) is 22.7 Å². The summed E-state index contributed by atoms with van der Waals surface area (Å²) < 4.78 is 19.3. The minimum atomic E-state index is -0.508. The van der Waals surface area contributed by atoms with E-state index in [1.165, 1.54) is 18.2 Å². The smallest absolute Gasteiger partial charge is 0.238 e. The fraction of sp³-hybridized carbons (Fsp3) is 0. The van der Waals surface area contributed by atoms with E-state index in [4.69, 9.17) is 16.0 Å². The van der Waals surface area contributed by atoms with Crippen LogP contribution in [0.4, 0.5) is 4.39 Å². The summed E-state index contributed by atoms with van der Waals surface area (Å²) in [5, 5.41) is 9.49. The van der Waals surface area contributed by atoms with Gasteiger partial charge in [0.05, 0.1) is 5.02 Å². The Morgan fingerprint density at radius 1 is 1.24 bits per heavy atom. The lowest BCUT2D eigenvalue weighted by Gasteiger charge is -2.00. The Labute approximate surface area is 124 Å². The third-order valence-corrected chi connectivity index (χ3v) is 3.26. The van der Waals surface area contributed by atoms with Gasteiger partial charge in [-0.3, -0.25) is 0 Å². The predicted molar refractivity (Wildman–Crippen MR) is 78.9 cm³/mol. The normalized spacial score (nSPS) is 11.6. The molecular weight excluding hydrogens is 291 g/mol.